The van der Waals surface area contributed by atoms with Crippen molar-refractivity contribution >= 4 is 11.6 Å². The summed E-state index contributed by atoms with van der Waals surface area (Å²) in [6.07, 6.45) is 1.35. The van der Waals surface area contributed by atoms with Gasteiger partial charge in [0.2, 0.25) is 5.91 Å². The topological polar surface area (TPSA) is 91.6 Å². The molecule has 1 saturated heterocycles. The first kappa shape index (κ1) is 16.9. The molecular formula is C16H22N2O5. The van der Waals surface area contributed by atoms with Crippen molar-refractivity contribution in [2.75, 3.05) is 27.3 Å². The number of oxime groups is 1. The summed E-state index contributed by atoms with van der Waals surface area (Å²) in [5.41, 5.74) is 0.804. The molecule has 1 fully saturated rings. The Hall–Kier alpha value is -2.44. The summed E-state index contributed by atoms with van der Waals surface area (Å²) in [6.45, 7) is 2.75. The molecule has 1 aromatic carbocycles. The van der Waals surface area contributed by atoms with E-state index in [4.69, 9.17) is 9.47 Å². The summed E-state index contributed by atoms with van der Waals surface area (Å²) >= 11 is 0. The molecule has 126 valence electrons. The van der Waals surface area contributed by atoms with Crippen molar-refractivity contribution in [2.24, 2.45) is 11.1 Å². The second-order valence-corrected chi connectivity index (χ2v) is 5.49. The van der Waals surface area contributed by atoms with E-state index in [1.54, 1.807) is 17.9 Å². The van der Waals surface area contributed by atoms with Crippen LogP contribution in [0.2, 0.25) is 0 Å². The van der Waals surface area contributed by atoms with Gasteiger partial charge in [0, 0.05) is 37.6 Å². The van der Waals surface area contributed by atoms with Crippen LogP contribution >= 0.6 is 0 Å². The molecule has 7 nitrogen and oxygen atoms in total. The van der Waals surface area contributed by atoms with Crippen molar-refractivity contribution in [3.63, 3.8) is 0 Å². The second-order valence-electron chi connectivity index (χ2n) is 5.49. The molecule has 1 aliphatic heterocycles. The molecule has 7 heteroatoms. The second kappa shape index (κ2) is 7.21. The Balaban J connectivity index is 2.27. The van der Waals surface area contributed by atoms with E-state index < -0.39 is 0 Å². The van der Waals surface area contributed by atoms with Gasteiger partial charge in [-0.1, -0.05) is 5.16 Å². The van der Waals surface area contributed by atoms with Crippen LogP contribution in [0, 0.1) is 5.92 Å². The van der Waals surface area contributed by atoms with Crippen LogP contribution in [0.15, 0.2) is 17.3 Å². The number of methoxy groups -OCH3 is 2. The minimum Gasteiger partial charge on any atom is -0.507 e. The summed E-state index contributed by atoms with van der Waals surface area (Å²) in [5.74, 6) is 0.809. The highest BCUT2D eigenvalue weighted by molar-refractivity contribution is 6.04. The Morgan fingerprint density at radius 1 is 1.22 bits per heavy atom. The smallest absolute Gasteiger partial charge is 0.219 e. The number of carbonyl (C=O) groups excluding carboxylic acids is 1. The summed E-state index contributed by atoms with van der Waals surface area (Å²) in [6, 6.07) is 3.03. The predicted octanol–water partition coefficient (Wildman–Crippen LogP) is 1.85. The van der Waals surface area contributed by atoms with Crippen LogP contribution in [0.4, 0.5) is 0 Å². The van der Waals surface area contributed by atoms with E-state index in [2.05, 4.69) is 5.16 Å². The van der Waals surface area contributed by atoms with Crippen LogP contribution in [0.5, 0.6) is 17.2 Å². The largest absolute Gasteiger partial charge is 0.507 e. The first-order chi connectivity index (χ1) is 11.0. The van der Waals surface area contributed by atoms with Crippen molar-refractivity contribution < 1.29 is 24.6 Å². The first-order valence-electron chi connectivity index (χ1n) is 7.44. The molecule has 1 aliphatic rings. The summed E-state index contributed by atoms with van der Waals surface area (Å²) < 4.78 is 10.4. The number of amides is 1. The number of piperidine rings is 1. The third-order valence-electron chi connectivity index (χ3n) is 4.21. The summed E-state index contributed by atoms with van der Waals surface area (Å²) in [5, 5.41) is 23.1. The standard InChI is InChI=1S/C16H22N2O5/c1-10(19)18-6-4-11(5-7-18)16(17-21)12-8-14(22-2)15(23-3)9-13(12)20/h8-9,11,20-21H,4-7H2,1-3H3. The number of benzene rings is 1. The molecule has 0 saturated carbocycles. The van der Waals surface area contributed by atoms with E-state index in [1.807, 2.05) is 0 Å². The minimum atomic E-state index is -0.0420. The van der Waals surface area contributed by atoms with E-state index in [0.717, 1.165) is 0 Å². The van der Waals surface area contributed by atoms with Crippen molar-refractivity contribution in [3.8, 4) is 17.2 Å². The molecule has 23 heavy (non-hydrogen) atoms. The Morgan fingerprint density at radius 3 is 2.26 bits per heavy atom. The Bertz CT molecular complexity index is 607. The SMILES string of the molecule is COc1cc(O)c(C(=NO)C2CCN(C(C)=O)CC2)cc1OC. The fourth-order valence-corrected chi connectivity index (χ4v) is 2.90. The Kier molecular flexibility index (Phi) is 5.31. The van der Waals surface area contributed by atoms with E-state index in [-0.39, 0.29) is 17.6 Å². The molecule has 0 bridgehead atoms. The zero-order valence-electron chi connectivity index (χ0n) is 13.6. The zero-order valence-corrected chi connectivity index (χ0v) is 13.6. The molecule has 0 aromatic heterocycles. The van der Waals surface area contributed by atoms with Crippen LogP contribution in [0.3, 0.4) is 0 Å². The quantitative estimate of drug-likeness (QED) is 0.501. The van der Waals surface area contributed by atoms with Crippen LogP contribution in [-0.2, 0) is 4.79 Å². The lowest BCUT2D eigenvalue weighted by Crippen LogP contribution is -2.39. The highest BCUT2D eigenvalue weighted by atomic mass is 16.5. The normalized spacial score (nSPS) is 16.3. The molecule has 1 amide bonds. The molecule has 1 heterocycles. The van der Waals surface area contributed by atoms with Crippen molar-refractivity contribution in [2.45, 2.75) is 19.8 Å². The number of ether oxygens (including phenoxy) is 2. The average Bonchev–Trinajstić information content (AvgIpc) is 2.56. The molecule has 0 atom stereocenters. The van der Waals surface area contributed by atoms with E-state index in [0.29, 0.717) is 48.7 Å². The predicted molar refractivity (Wildman–Crippen MR) is 84.5 cm³/mol. The number of aromatic hydroxyl groups is 1. The number of nitrogens with zero attached hydrogens (tertiary/aromatic N) is 2. The minimum absolute atomic E-state index is 0.0375. The average molecular weight is 322 g/mol. The van der Waals surface area contributed by atoms with Crippen LogP contribution in [0.25, 0.3) is 0 Å². The molecule has 0 unspecified atom stereocenters. The maximum absolute atomic E-state index is 11.4. The third-order valence-corrected chi connectivity index (χ3v) is 4.21. The molecule has 0 radical (unpaired) electrons. The van der Waals surface area contributed by atoms with Gasteiger partial charge in [-0.25, -0.2) is 0 Å². The van der Waals surface area contributed by atoms with Crippen molar-refractivity contribution in [1.82, 2.24) is 4.90 Å². The van der Waals surface area contributed by atoms with E-state index >= 15 is 0 Å². The highest BCUT2D eigenvalue weighted by Crippen LogP contribution is 2.36. The fourth-order valence-electron chi connectivity index (χ4n) is 2.90. The number of carbonyl (C=O) groups is 1. The molecule has 2 rings (SSSR count). The van der Waals surface area contributed by atoms with Crippen LogP contribution < -0.4 is 9.47 Å². The first-order valence-corrected chi connectivity index (χ1v) is 7.44. The van der Waals surface area contributed by atoms with Gasteiger partial charge in [0.25, 0.3) is 0 Å². The Morgan fingerprint density at radius 2 is 1.78 bits per heavy atom. The lowest BCUT2D eigenvalue weighted by atomic mass is 9.87. The van der Waals surface area contributed by atoms with Gasteiger partial charge in [0.15, 0.2) is 11.5 Å². The zero-order chi connectivity index (χ0) is 17.0. The molecule has 2 N–H and O–H groups in total. The molecular weight excluding hydrogens is 300 g/mol. The highest BCUT2D eigenvalue weighted by Gasteiger charge is 2.28. The number of rotatable bonds is 4. The molecule has 0 aliphatic carbocycles. The van der Waals surface area contributed by atoms with Crippen molar-refractivity contribution in [1.29, 1.82) is 0 Å². The maximum atomic E-state index is 11.4. The van der Waals surface area contributed by atoms with Gasteiger partial charge in [-0.05, 0) is 18.9 Å². The molecule has 0 spiro atoms. The maximum Gasteiger partial charge on any atom is 0.219 e. The van der Waals surface area contributed by atoms with E-state index in [9.17, 15) is 15.1 Å². The van der Waals surface area contributed by atoms with Gasteiger partial charge < -0.3 is 24.7 Å². The monoisotopic (exact) mass is 322 g/mol. The van der Waals surface area contributed by atoms with Crippen LogP contribution in [0.1, 0.15) is 25.3 Å². The number of phenols is 1. The van der Waals surface area contributed by atoms with Crippen LogP contribution in [-0.4, -0.2) is 54.1 Å². The van der Waals surface area contributed by atoms with Gasteiger partial charge in [0.1, 0.15) is 5.75 Å². The van der Waals surface area contributed by atoms with Gasteiger partial charge in [-0.15, -0.1) is 0 Å². The van der Waals surface area contributed by atoms with Gasteiger partial charge in [-0.3, -0.25) is 4.79 Å². The number of hydrogen-bond donors (Lipinski definition) is 2. The fraction of sp³-hybridized carbons (Fsp3) is 0.500. The summed E-state index contributed by atoms with van der Waals surface area (Å²) in [7, 11) is 2.98. The Labute approximate surface area is 135 Å². The summed E-state index contributed by atoms with van der Waals surface area (Å²) in [4.78, 5) is 13.2. The number of phenolic OH excluding ortho intramolecular Hbond substituents is 1. The number of likely N-dealkylation sites (tertiary alicyclic amines) is 1. The van der Waals surface area contributed by atoms with Crippen molar-refractivity contribution in [3.05, 3.63) is 17.7 Å². The van der Waals surface area contributed by atoms with Gasteiger partial charge in [0.05, 0.1) is 19.9 Å². The lowest BCUT2D eigenvalue weighted by Gasteiger charge is -2.31. The van der Waals surface area contributed by atoms with E-state index in [1.165, 1.54) is 20.3 Å². The third kappa shape index (κ3) is 3.49. The lowest BCUT2D eigenvalue weighted by molar-refractivity contribution is -0.129. The van der Waals surface area contributed by atoms with Gasteiger partial charge in [-0.2, -0.15) is 0 Å². The van der Waals surface area contributed by atoms with Gasteiger partial charge >= 0.3 is 0 Å². The molecule has 1 aromatic rings. The number of hydrogen-bond acceptors (Lipinski definition) is 6.